The van der Waals surface area contributed by atoms with Gasteiger partial charge >= 0.3 is 12.3 Å². The van der Waals surface area contributed by atoms with Gasteiger partial charge in [0.15, 0.2) is 0 Å². The molecule has 0 aromatic heterocycles. The van der Waals surface area contributed by atoms with Gasteiger partial charge in [0.05, 0.1) is 5.56 Å². The summed E-state index contributed by atoms with van der Waals surface area (Å²) in [6.07, 6.45) is -4.86. The van der Waals surface area contributed by atoms with E-state index in [-0.39, 0.29) is 29.2 Å². The molecule has 0 atom stereocenters. The van der Waals surface area contributed by atoms with Gasteiger partial charge in [-0.1, -0.05) is 12.1 Å². The third-order valence-corrected chi connectivity index (χ3v) is 2.70. The van der Waals surface area contributed by atoms with Crippen LogP contribution in [-0.2, 0) is 0 Å². The Balaban J connectivity index is 0.00000288. The number of benzene rings is 2. The first-order valence-electron chi connectivity index (χ1n) is 6.25. The lowest BCUT2D eigenvalue weighted by atomic mass is 10.1. The van der Waals surface area contributed by atoms with E-state index in [0.717, 1.165) is 12.1 Å². The predicted octanol–water partition coefficient (Wildman–Crippen LogP) is 3.96. The average Bonchev–Trinajstić information content (AvgIpc) is 2.46. The Kier molecular flexibility index (Phi) is 6.19. The Labute approximate surface area is 140 Å². The zero-order valence-electron chi connectivity index (χ0n) is 11.8. The van der Waals surface area contributed by atoms with Gasteiger partial charge < -0.3 is 15.2 Å². The highest BCUT2D eigenvalue weighted by Crippen LogP contribution is 2.23. The number of rotatable bonds is 4. The van der Waals surface area contributed by atoms with Gasteiger partial charge in [-0.3, -0.25) is 4.79 Å². The molecule has 0 saturated heterocycles. The van der Waals surface area contributed by atoms with Gasteiger partial charge in [0, 0.05) is 11.3 Å². The van der Waals surface area contributed by atoms with Gasteiger partial charge in [0.1, 0.15) is 5.75 Å². The molecule has 0 radical (unpaired) electrons. The van der Waals surface area contributed by atoms with Gasteiger partial charge in [-0.15, -0.1) is 25.6 Å². The number of hydrogen-bond donors (Lipinski definition) is 2. The molecule has 0 fully saturated rings. The monoisotopic (exact) mass is 361 g/mol. The van der Waals surface area contributed by atoms with E-state index >= 15 is 0 Å². The van der Waals surface area contributed by atoms with Crippen molar-refractivity contribution in [3.05, 3.63) is 59.7 Å². The summed E-state index contributed by atoms with van der Waals surface area (Å²) in [7, 11) is 0. The topological polar surface area (TPSA) is 75.6 Å². The van der Waals surface area contributed by atoms with E-state index in [1.807, 2.05) is 0 Å². The fraction of sp³-hybridized carbons (Fsp3) is 0.0667. The van der Waals surface area contributed by atoms with E-state index in [2.05, 4.69) is 10.1 Å². The minimum absolute atomic E-state index is 0. The summed E-state index contributed by atoms with van der Waals surface area (Å²) in [6.45, 7) is 0. The lowest BCUT2D eigenvalue weighted by Crippen LogP contribution is -2.18. The Hall–Kier alpha value is -2.74. The molecule has 0 bridgehead atoms. The summed E-state index contributed by atoms with van der Waals surface area (Å²) in [5, 5.41) is 11.3. The van der Waals surface area contributed by atoms with Crippen molar-refractivity contribution in [1.29, 1.82) is 0 Å². The molecule has 0 aliphatic carbocycles. The van der Waals surface area contributed by atoms with Gasteiger partial charge in [-0.25, -0.2) is 4.79 Å². The summed E-state index contributed by atoms with van der Waals surface area (Å²) in [6, 6.07) is 10.0. The lowest BCUT2D eigenvalue weighted by molar-refractivity contribution is -0.274. The second-order valence-electron chi connectivity index (χ2n) is 4.42. The quantitative estimate of drug-likeness (QED) is 0.864. The molecule has 0 aliphatic rings. The Morgan fingerprint density at radius 2 is 1.62 bits per heavy atom. The fourth-order valence-corrected chi connectivity index (χ4v) is 1.77. The number of ether oxygens (including phenoxy) is 1. The van der Waals surface area contributed by atoms with Crippen LogP contribution in [-0.4, -0.2) is 23.3 Å². The Morgan fingerprint density at radius 1 is 1.00 bits per heavy atom. The minimum atomic E-state index is -4.86. The second-order valence-corrected chi connectivity index (χ2v) is 4.42. The van der Waals surface area contributed by atoms with E-state index in [0.29, 0.717) is 0 Å². The summed E-state index contributed by atoms with van der Waals surface area (Å²) >= 11 is 0. The predicted molar refractivity (Wildman–Crippen MR) is 81.7 cm³/mol. The molecular weight excluding hydrogens is 351 g/mol. The average molecular weight is 362 g/mol. The van der Waals surface area contributed by atoms with Gasteiger partial charge in [0.2, 0.25) is 0 Å². The number of carboxylic acid groups (broad SMARTS) is 1. The molecule has 2 aromatic carbocycles. The molecule has 9 heteroatoms. The van der Waals surface area contributed by atoms with E-state index in [1.165, 1.54) is 36.4 Å². The smallest absolute Gasteiger partial charge is 0.478 e. The van der Waals surface area contributed by atoms with E-state index in [4.69, 9.17) is 5.11 Å². The minimum Gasteiger partial charge on any atom is -0.478 e. The first-order valence-corrected chi connectivity index (χ1v) is 6.25. The van der Waals surface area contributed by atoms with Crippen LogP contribution < -0.4 is 10.1 Å². The maximum atomic E-state index is 12.2. The number of aromatic carboxylic acids is 1. The highest BCUT2D eigenvalue weighted by molar-refractivity contribution is 6.05. The van der Waals surface area contributed by atoms with Crippen LogP contribution in [0.3, 0.4) is 0 Å². The molecule has 0 saturated carbocycles. The summed E-state index contributed by atoms with van der Waals surface area (Å²) in [4.78, 5) is 22.9. The summed E-state index contributed by atoms with van der Waals surface area (Å²) in [5.41, 5.74) is 0.112. The van der Waals surface area contributed by atoms with Crippen LogP contribution >= 0.6 is 12.4 Å². The third-order valence-electron chi connectivity index (χ3n) is 2.70. The van der Waals surface area contributed by atoms with Crippen molar-refractivity contribution in [3.8, 4) is 5.75 Å². The molecule has 128 valence electrons. The van der Waals surface area contributed by atoms with Crippen molar-refractivity contribution in [2.24, 2.45) is 0 Å². The highest BCUT2D eigenvalue weighted by Gasteiger charge is 2.31. The fourth-order valence-electron chi connectivity index (χ4n) is 1.77. The normalized spacial score (nSPS) is 10.5. The largest absolute Gasteiger partial charge is 0.573 e. The zero-order valence-corrected chi connectivity index (χ0v) is 12.6. The third kappa shape index (κ3) is 5.47. The highest BCUT2D eigenvalue weighted by atomic mass is 35.5. The molecule has 5 nitrogen and oxygen atoms in total. The van der Waals surface area contributed by atoms with Crippen molar-refractivity contribution in [3.63, 3.8) is 0 Å². The SMILES string of the molecule is Cl.O=C(O)c1cccc(NC(=O)c2cccc(OC(F)(F)F)c2)c1. The maximum Gasteiger partial charge on any atom is 0.573 e. The number of carbonyl (C=O) groups is 2. The van der Waals surface area contributed by atoms with Crippen LogP contribution in [0.1, 0.15) is 20.7 Å². The zero-order chi connectivity index (χ0) is 17.0. The van der Waals surface area contributed by atoms with Crippen molar-refractivity contribution < 1.29 is 32.6 Å². The number of carbonyl (C=O) groups excluding carboxylic acids is 1. The van der Waals surface area contributed by atoms with Crippen molar-refractivity contribution >= 4 is 30.0 Å². The number of nitrogens with one attached hydrogen (secondary N) is 1. The van der Waals surface area contributed by atoms with Crippen molar-refractivity contribution in [2.75, 3.05) is 5.32 Å². The standard InChI is InChI=1S/C15H10F3NO4.ClH/c16-15(17,18)23-12-6-2-3-9(8-12)13(20)19-11-5-1-4-10(7-11)14(21)22;/h1-8H,(H,19,20)(H,21,22);1H. The molecule has 0 unspecified atom stereocenters. The first kappa shape index (κ1) is 19.3. The molecular formula is C15H11ClF3NO4. The van der Waals surface area contributed by atoms with Gasteiger partial charge in [-0.2, -0.15) is 0 Å². The molecule has 2 N–H and O–H groups in total. The number of anilines is 1. The van der Waals surface area contributed by atoms with Crippen molar-refractivity contribution in [2.45, 2.75) is 6.36 Å². The van der Waals surface area contributed by atoms with Crippen LogP contribution in [0.4, 0.5) is 18.9 Å². The number of carboxylic acids is 1. The van der Waals surface area contributed by atoms with Crippen LogP contribution in [0.25, 0.3) is 0 Å². The maximum absolute atomic E-state index is 12.2. The summed E-state index contributed by atoms with van der Waals surface area (Å²) in [5.74, 6) is -2.38. The molecule has 0 spiro atoms. The van der Waals surface area contributed by atoms with Gasteiger partial charge in [0.25, 0.3) is 5.91 Å². The molecule has 2 rings (SSSR count). The number of amides is 1. The summed E-state index contributed by atoms with van der Waals surface area (Å²) < 4.78 is 40.2. The van der Waals surface area contributed by atoms with Crippen LogP contribution in [0.15, 0.2) is 48.5 Å². The van der Waals surface area contributed by atoms with E-state index in [1.54, 1.807) is 0 Å². The van der Waals surface area contributed by atoms with Crippen LogP contribution in [0, 0.1) is 0 Å². The molecule has 1 amide bonds. The second kappa shape index (κ2) is 7.69. The number of alkyl halides is 3. The Bertz CT molecular complexity index is 749. The molecule has 24 heavy (non-hydrogen) atoms. The number of halogens is 4. The van der Waals surface area contributed by atoms with E-state index in [9.17, 15) is 22.8 Å². The van der Waals surface area contributed by atoms with Crippen molar-refractivity contribution in [1.82, 2.24) is 0 Å². The Morgan fingerprint density at radius 3 is 2.25 bits per heavy atom. The van der Waals surface area contributed by atoms with Crippen LogP contribution in [0.2, 0.25) is 0 Å². The van der Waals surface area contributed by atoms with Gasteiger partial charge in [-0.05, 0) is 36.4 Å². The van der Waals surface area contributed by atoms with E-state index < -0.39 is 24.0 Å². The lowest BCUT2D eigenvalue weighted by Gasteiger charge is -2.10. The molecule has 0 heterocycles. The number of hydrogen-bond acceptors (Lipinski definition) is 3. The van der Waals surface area contributed by atoms with Crippen LogP contribution in [0.5, 0.6) is 5.75 Å². The first-order chi connectivity index (χ1) is 10.7. The molecule has 0 aliphatic heterocycles. The molecule has 2 aromatic rings.